The van der Waals surface area contributed by atoms with Crippen LogP contribution in [0.2, 0.25) is 5.02 Å². The topological polar surface area (TPSA) is 95.0 Å². The van der Waals surface area contributed by atoms with E-state index < -0.39 is 58.4 Å². The quantitative estimate of drug-likeness (QED) is 0.194. The fraction of sp³-hybridized carbons (Fsp3) is 0.231. The van der Waals surface area contributed by atoms with E-state index in [9.17, 15) is 19.5 Å². The Morgan fingerprint density at radius 1 is 0.812 bits per heavy atom. The first-order valence-electron chi connectivity index (χ1n) is 16.0. The highest BCUT2D eigenvalue weighted by molar-refractivity contribution is 6.32. The number of benzene rings is 4. The summed E-state index contributed by atoms with van der Waals surface area (Å²) >= 11 is 6.34. The zero-order chi connectivity index (χ0) is 33.3. The zero-order valence-electron chi connectivity index (χ0n) is 25.6. The molecule has 8 rings (SSSR count). The predicted octanol–water partition coefficient (Wildman–Crippen LogP) is 6.55. The summed E-state index contributed by atoms with van der Waals surface area (Å²) in [4.78, 5) is 60.5. The minimum absolute atomic E-state index is 0.136. The third-order valence-corrected chi connectivity index (χ3v) is 11.0. The van der Waals surface area contributed by atoms with E-state index in [4.69, 9.17) is 11.6 Å². The van der Waals surface area contributed by atoms with Crippen molar-refractivity contribution in [3.63, 3.8) is 0 Å². The number of aromatic hydroxyl groups is 1. The number of allylic oxidation sites excluding steroid dienone is 2. The molecular formula is C39H30ClFN2O5. The molecule has 1 N–H and O–H groups in total. The number of halogens is 2. The van der Waals surface area contributed by atoms with Crippen molar-refractivity contribution in [2.24, 2.45) is 23.7 Å². The van der Waals surface area contributed by atoms with Crippen LogP contribution in [0.5, 0.6) is 5.75 Å². The molecule has 0 bridgehead atoms. The normalized spacial score (nSPS) is 27.9. The average molecular weight is 661 g/mol. The molecule has 7 nitrogen and oxygen atoms in total. The second kappa shape index (κ2) is 11.3. The SMILES string of the molecule is O=C1[C@H]2[C@H](CC=C3[C@H]2C[C@H]2C(=O)N(c4cccc(Cl)c4)C(=O)[C@@]2(c2ccccc2)[C@H]3c2ccc(O)c(F)c2)C(=O)N1Cc1ccccc1. The Morgan fingerprint density at radius 2 is 1.54 bits per heavy atom. The van der Waals surface area contributed by atoms with E-state index in [0.717, 1.165) is 11.1 Å². The minimum atomic E-state index is -1.52. The highest BCUT2D eigenvalue weighted by Crippen LogP contribution is 2.64. The molecule has 48 heavy (non-hydrogen) atoms. The van der Waals surface area contributed by atoms with Gasteiger partial charge in [0.25, 0.3) is 0 Å². The van der Waals surface area contributed by atoms with Crippen molar-refractivity contribution in [1.29, 1.82) is 0 Å². The van der Waals surface area contributed by atoms with Crippen LogP contribution < -0.4 is 4.90 Å². The van der Waals surface area contributed by atoms with E-state index in [1.54, 1.807) is 42.5 Å². The lowest BCUT2D eigenvalue weighted by molar-refractivity contribution is -0.141. The van der Waals surface area contributed by atoms with Gasteiger partial charge in [0.2, 0.25) is 23.6 Å². The van der Waals surface area contributed by atoms with Crippen molar-refractivity contribution in [2.45, 2.75) is 30.7 Å². The fourth-order valence-electron chi connectivity index (χ4n) is 8.81. The first kappa shape index (κ1) is 30.3. The van der Waals surface area contributed by atoms with Crippen molar-refractivity contribution in [3.8, 4) is 5.75 Å². The number of phenolic OH excluding ortho intramolecular Hbond substituents is 1. The summed E-state index contributed by atoms with van der Waals surface area (Å²) in [7, 11) is 0. The Hall–Kier alpha value is -5.08. The third-order valence-electron chi connectivity index (χ3n) is 10.7. The number of fused-ring (bicyclic) bond motifs is 4. The van der Waals surface area contributed by atoms with Gasteiger partial charge in [0.15, 0.2) is 11.6 Å². The van der Waals surface area contributed by atoms with Gasteiger partial charge in [-0.05, 0) is 65.8 Å². The van der Waals surface area contributed by atoms with Crippen molar-refractivity contribution >= 4 is 40.9 Å². The van der Waals surface area contributed by atoms with Crippen molar-refractivity contribution in [2.75, 3.05) is 4.90 Å². The lowest BCUT2D eigenvalue weighted by Crippen LogP contribution is -2.53. The maximum absolute atomic E-state index is 15.2. The average Bonchev–Trinajstić information content (AvgIpc) is 3.47. The number of hydrogen-bond acceptors (Lipinski definition) is 5. The molecule has 0 radical (unpaired) electrons. The first-order chi connectivity index (χ1) is 23.2. The predicted molar refractivity (Wildman–Crippen MR) is 176 cm³/mol. The number of phenols is 1. The summed E-state index contributed by atoms with van der Waals surface area (Å²) in [5.41, 5.74) is 1.31. The van der Waals surface area contributed by atoms with Crippen LogP contribution in [0.3, 0.4) is 0 Å². The number of carbonyl (C=O) groups excluding carboxylic acids is 4. The molecule has 2 saturated heterocycles. The van der Waals surface area contributed by atoms with E-state index in [1.165, 1.54) is 21.9 Å². The van der Waals surface area contributed by atoms with Gasteiger partial charge in [-0.2, -0.15) is 0 Å². The summed E-state index contributed by atoms with van der Waals surface area (Å²) in [6.45, 7) is 0.136. The Balaban J connectivity index is 1.33. The number of nitrogens with zero attached hydrogens (tertiary/aromatic N) is 2. The summed E-state index contributed by atoms with van der Waals surface area (Å²) in [5.74, 6) is -6.69. The number of likely N-dealkylation sites (tertiary alicyclic amines) is 1. The highest BCUT2D eigenvalue weighted by atomic mass is 35.5. The molecular weight excluding hydrogens is 631 g/mol. The molecule has 1 saturated carbocycles. The van der Waals surface area contributed by atoms with E-state index >= 15 is 9.18 Å². The maximum atomic E-state index is 15.2. The van der Waals surface area contributed by atoms with Crippen LogP contribution in [0.4, 0.5) is 10.1 Å². The fourth-order valence-corrected chi connectivity index (χ4v) is 8.99. The number of imide groups is 2. The highest BCUT2D eigenvalue weighted by Gasteiger charge is 2.70. The molecule has 2 aliphatic heterocycles. The molecule has 0 spiro atoms. The van der Waals surface area contributed by atoms with Crippen LogP contribution in [0.1, 0.15) is 35.4 Å². The van der Waals surface area contributed by atoms with Gasteiger partial charge in [-0.3, -0.25) is 24.1 Å². The molecule has 240 valence electrons. The largest absolute Gasteiger partial charge is 0.505 e. The lowest BCUT2D eigenvalue weighted by Gasteiger charge is -2.50. The summed E-state index contributed by atoms with van der Waals surface area (Å²) in [6, 6.07) is 28.9. The Labute approximate surface area is 281 Å². The second-order valence-electron chi connectivity index (χ2n) is 13.1. The molecule has 4 aromatic carbocycles. The van der Waals surface area contributed by atoms with E-state index in [1.807, 2.05) is 54.6 Å². The molecule has 4 amide bonds. The van der Waals surface area contributed by atoms with Crippen LogP contribution in [0, 0.1) is 29.5 Å². The van der Waals surface area contributed by atoms with Crippen LogP contribution in [-0.4, -0.2) is 33.6 Å². The lowest BCUT2D eigenvalue weighted by atomic mass is 9.49. The third kappa shape index (κ3) is 4.32. The number of anilines is 1. The van der Waals surface area contributed by atoms with Crippen molar-refractivity contribution < 1.29 is 28.7 Å². The smallest absolute Gasteiger partial charge is 0.246 e. The van der Waals surface area contributed by atoms with Crippen molar-refractivity contribution in [3.05, 3.63) is 142 Å². The summed E-state index contributed by atoms with van der Waals surface area (Å²) in [6.07, 6.45) is 2.33. The van der Waals surface area contributed by atoms with Gasteiger partial charge in [-0.25, -0.2) is 9.29 Å². The van der Waals surface area contributed by atoms with E-state index in [0.29, 0.717) is 21.8 Å². The van der Waals surface area contributed by atoms with Gasteiger partial charge < -0.3 is 5.11 Å². The molecule has 3 fully saturated rings. The number of rotatable bonds is 5. The van der Waals surface area contributed by atoms with E-state index in [2.05, 4.69) is 0 Å². The molecule has 6 atom stereocenters. The van der Waals surface area contributed by atoms with Gasteiger partial charge in [-0.15, -0.1) is 0 Å². The Kier molecular flexibility index (Phi) is 7.11. The number of hydrogen-bond donors (Lipinski definition) is 1. The van der Waals surface area contributed by atoms with Gasteiger partial charge in [0.1, 0.15) is 0 Å². The van der Waals surface area contributed by atoms with Gasteiger partial charge in [-0.1, -0.05) is 96.0 Å². The van der Waals surface area contributed by atoms with Crippen LogP contribution in [-0.2, 0) is 31.1 Å². The first-order valence-corrected chi connectivity index (χ1v) is 16.4. The molecule has 0 unspecified atom stereocenters. The maximum Gasteiger partial charge on any atom is 0.246 e. The molecule has 0 aromatic heterocycles. The molecule has 2 aliphatic carbocycles. The number of amides is 4. The molecule has 9 heteroatoms. The van der Waals surface area contributed by atoms with Gasteiger partial charge >= 0.3 is 0 Å². The Bertz CT molecular complexity index is 2030. The standard InChI is InChI=1S/C39H30ClFN2O5/c40-25-12-7-13-26(19-25)43-36(46)30-20-29-27(15-16-28-33(29)37(47)42(35(28)45)21-22-8-3-1-4-9-22)34(23-14-17-32(44)31(41)18-23)39(30,38(43)48)24-10-5-2-6-11-24/h1-15,17-19,28-30,33-34,44H,16,20-21H2/t28-,29+,30-,33-,34-,39+/m0/s1. The Morgan fingerprint density at radius 3 is 2.25 bits per heavy atom. The summed E-state index contributed by atoms with van der Waals surface area (Å²) < 4.78 is 15.2. The van der Waals surface area contributed by atoms with E-state index in [-0.39, 0.29) is 31.2 Å². The van der Waals surface area contributed by atoms with Crippen LogP contribution >= 0.6 is 11.6 Å². The minimum Gasteiger partial charge on any atom is -0.505 e. The number of carbonyl (C=O) groups is 4. The zero-order valence-corrected chi connectivity index (χ0v) is 26.4. The molecule has 4 aromatic rings. The second-order valence-corrected chi connectivity index (χ2v) is 13.5. The monoisotopic (exact) mass is 660 g/mol. The van der Waals surface area contributed by atoms with Crippen LogP contribution in [0.15, 0.2) is 115 Å². The molecule has 4 aliphatic rings. The van der Waals surface area contributed by atoms with Crippen molar-refractivity contribution in [1.82, 2.24) is 4.90 Å². The van der Waals surface area contributed by atoms with Gasteiger partial charge in [0, 0.05) is 10.9 Å². The summed E-state index contributed by atoms with van der Waals surface area (Å²) in [5, 5.41) is 10.5. The van der Waals surface area contributed by atoms with Crippen LogP contribution in [0.25, 0.3) is 0 Å². The molecule has 2 heterocycles. The van der Waals surface area contributed by atoms with Gasteiger partial charge in [0.05, 0.1) is 35.4 Å².